The minimum atomic E-state index is -0.508. The maximum atomic E-state index is 12.4. The Hall–Kier alpha value is -2.93. The van der Waals surface area contributed by atoms with Crippen molar-refractivity contribution in [3.05, 3.63) is 69.3 Å². The third kappa shape index (κ3) is 3.83. The third-order valence-corrected chi connectivity index (χ3v) is 4.50. The molecule has 1 aliphatic heterocycles. The van der Waals surface area contributed by atoms with Crippen molar-refractivity contribution >= 4 is 11.6 Å². The Labute approximate surface area is 151 Å². The molecule has 1 heterocycles. The van der Waals surface area contributed by atoms with Gasteiger partial charge in [-0.3, -0.25) is 14.9 Å². The molecule has 26 heavy (non-hydrogen) atoms. The zero-order valence-corrected chi connectivity index (χ0v) is 14.8. The molecule has 1 unspecified atom stereocenters. The van der Waals surface area contributed by atoms with Crippen molar-refractivity contribution in [2.75, 3.05) is 27.2 Å². The summed E-state index contributed by atoms with van der Waals surface area (Å²) in [5.41, 5.74) is 2.46. The second-order valence-electron chi connectivity index (χ2n) is 6.46. The number of ether oxygens (including phenoxy) is 1. The first-order valence-corrected chi connectivity index (χ1v) is 8.40. The lowest BCUT2D eigenvalue weighted by atomic mass is 10.0. The molecular formula is C19H21N3O4. The van der Waals surface area contributed by atoms with E-state index in [4.69, 9.17) is 4.74 Å². The molecule has 0 radical (unpaired) electrons. The van der Waals surface area contributed by atoms with Crippen molar-refractivity contribution in [1.82, 2.24) is 10.2 Å². The van der Waals surface area contributed by atoms with Gasteiger partial charge in [-0.1, -0.05) is 18.2 Å². The number of hydrogen-bond acceptors (Lipinski definition) is 5. The molecular weight excluding hydrogens is 334 g/mol. The number of nitrogens with one attached hydrogen (secondary N) is 1. The van der Waals surface area contributed by atoms with Crippen LogP contribution in [-0.2, 0) is 6.42 Å². The molecule has 2 aromatic carbocycles. The zero-order chi connectivity index (χ0) is 18.7. The summed E-state index contributed by atoms with van der Waals surface area (Å²) in [5, 5.41) is 13.7. The Kier molecular flexibility index (Phi) is 5.18. The maximum Gasteiger partial charge on any atom is 0.270 e. The number of hydrogen-bond donors (Lipinski definition) is 1. The summed E-state index contributed by atoms with van der Waals surface area (Å²) >= 11 is 0. The summed E-state index contributed by atoms with van der Waals surface area (Å²) in [4.78, 5) is 24.8. The number of nitrogens with zero attached hydrogens (tertiary/aromatic N) is 2. The third-order valence-electron chi connectivity index (χ3n) is 4.50. The van der Waals surface area contributed by atoms with Crippen LogP contribution in [0.2, 0.25) is 0 Å². The minimum Gasteiger partial charge on any atom is -0.493 e. The summed E-state index contributed by atoms with van der Waals surface area (Å²) < 4.78 is 5.54. The van der Waals surface area contributed by atoms with Crippen molar-refractivity contribution in [2.24, 2.45) is 0 Å². The van der Waals surface area contributed by atoms with E-state index in [0.29, 0.717) is 13.2 Å². The Balaban J connectivity index is 1.72. The molecule has 1 amide bonds. The van der Waals surface area contributed by atoms with E-state index in [-0.39, 0.29) is 23.2 Å². The molecule has 7 nitrogen and oxygen atoms in total. The highest BCUT2D eigenvalue weighted by Gasteiger charge is 2.20. The molecule has 7 heteroatoms. The molecule has 136 valence electrons. The first-order valence-electron chi connectivity index (χ1n) is 8.40. The second kappa shape index (κ2) is 7.53. The molecule has 1 aliphatic rings. The minimum absolute atomic E-state index is 0.0106. The van der Waals surface area contributed by atoms with Gasteiger partial charge in [0.15, 0.2) is 0 Å². The van der Waals surface area contributed by atoms with Crippen molar-refractivity contribution in [3.8, 4) is 5.75 Å². The van der Waals surface area contributed by atoms with E-state index in [1.807, 2.05) is 31.1 Å². The van der Waals surface area contributed by atoms with Crippen LogP contribution in [0.25, 0.3) is 0 Å². The SMILES string of the molecule is CN(C)C(CNC(=O)c1cccc([N+](=O)[O-])c1)c1ccc2c(c1)CCO2. The number of benzene rings is 2. The van der Waals surface area contributed by atoms with E-state index in [0.717, 1.165) is 17.7 Å². The van der Waals surface area contributed by atoms with E-state index in [9.17, 15) is 14.9 Å². The van der Waals surface area contributed by atoms with Crippen LogP contribution in [0.15, 0.2) is 42.5 Å². The number of rotatable bonds is 6. The first-order chi connectivity index (χ1) is 12.5. The van der Waals surface area contributed by atoms with Gasteiger partial charge in [-0.15, -0.1) is 0 Å². The number of non-ortho nitro benzene ring substituents is 1. The van der Waals surface area contributed by atoms with Gasteiger partial charge in [0.25, 0.3) is 11.6 Å². The van der Waals surface area contributed by atoms with Gasteiger partial charge in [0.05, 0.1) is 17.6 Å². The maximum absolute atomic E-state index is 12.4. The van der Waals surface area contributed by atoms with Crippen LogP contribution in [0, 0.1) is 10.1 Å². The Morgan fingerprint density at radius 3 is 2.85 bits per heavy atom. The summed E-state index contributed by atoms with van der Waals surface area (Å²) in [7, 11) is 3.90. The van der Waals surface area contributed by atoms with Gasteiger partial charge in [0.1, 0.15) is 5.75 Å². The molecule has 2 aromatic rings. The largest absolute Gasteiger partial charge is 0.493 e. The second-order valence-corrected chi connectivity index (χ2v) is 6.46. The van der Waals surface area contributed by atoms with Gasteiger partial charge < -0.3 is 15.0 Å². The van der Waals surface area contributed by atoms with Crippen LogP contribution in [-0.4, -0.2) is 43.0 Å². The van der Waals surface area contributed by atoms with E-state index in [1.165, 1.54) is 23.8 Å². The summed E-state index contributed by atoms with van der Waals surface area (Å²) in [6.45, 7) is 1.10. The molecule has 1 N–H and O–H groups in total. The van der Waals surface area contributed by atoms with Gasteiger partial charge in [-0.25, -0.2) is 0 Å². The number of fused-ring (bicyclic) bond motifs is 1. The molecule has 0 aliphatic carbocycles. The van der Waals surface area contributed by atoms with E-state index < -0.39 is 4.92 Å². The van der Waals surface area contributed by atoms with Crippen LogP contribution in [0.1, 0.15) is 27.5 Å². The number of likely N-dealkylation sites (N-methyl/N-ethyl adjacent to an activating group) is 1. The van der Waals surface area contributed by atoms with Gasteiger partial charge in [-0.2, -0.15) is 0 Å². The number of carbonyl (C=O) groups is 1. The number of nitro groups is 1. The number of carbonyl (C=O) groups excluding carboxylic acids is 1. The van der Waals surface area contributed by atoms with E-state index in [1.54, 1.807) is 6.07 Å². The molecule has 0 saturated carbocycles. The van der Waals surface area contributed by atoms with Crippen LogP contribution in [0.5, 0.6) is 5.75 Å². The molecule has 0 aromatic heterocycles. The molecule has 0 bridgehead atoms. The van der Waals surface area contributed by atoms with Gasteiger partial charge in [0, 0.05) is 30.7 Å². The summed E-state index contributed by atoms with van der Waals surface area (Å²) in [5.74, 6) is 0.594. The van der Waals surface area contributed by atoms with E-state index >= 15 is 0 Å². The fourth-order valence-electron chi connectivity index (χ4n) is 3.06. The van der Waals surface area contributed by atoms with Crippen LogP contribution in [0.3, 0.4) is 0 Å². The number of amides is 1. The molecule has 1 atom stereocenters. The first kappa shape index (κ1) is 17.9. The van der Waals surface area contributed by atoms with Crippen LogP contribution >= 0.6 is 0 Å². The predicted molar refractivity (Wildman–Crippen MR) is 97.5 cm³/mol. The smallest absolute Gasteiger partial charge is 0.270 e. The van der Waals surface area contributed by atoms with Crippen molar-refractivity contribution < 1.29 is 14.5 Å². The summed E-state index contributed by atoms with van der Waals surface area (Å²) in [6, 6.07) is 11.8. The zero-order valence-electron chi connectivity index (χ0n) is 14.8. The standard InChI is InChI=1S/C19H21N3O4/c1-21(2)17(13-6-7-18-14(10-13)8-9-26-18)12-20-19(23)15-4-3-5-16(11-15)22(24)25/h3-7,10-11,17H,8-9,12H2,1-2H3,(H,20,23). The average molecular weight is 355 g/mol. The molecule has 0 spiro atoms. The van der Waals surface area contributed by atoms with Crippen molar-refractivity contribution in [1.29, 1.82) is 0 Å². The number of nitro benzene ring substituents is 1. The molecule has 0 fully saturated rings. The Morgan fingerprint density at radius 1 is 1.31 bits per heavy atom. The highest BCUT2D eigenvalue weighted by molar-refractivity contribution is 5.94. The monoisotopic (exact) mass is 355 g/mol. The fourth-order valence-corrected chi connectivity index (χ4v) is 3.06. The normalized spacial score (nSPS) is 13.8. The van der Waals surface area contributed by atoms with Gasteiger partial charge in [-0.05, 0) is 37.4 Å². The quantitative estimate of drug-likeness (QED) is 0.636. The highest BCUT2D eigenvalue weighted by Crippen LogP contribution is 2.29. The van der Waals surface area contributed by atoms with Crippen molar-refractivity contribution in [3.63, 3.8) is 0 Å². The Bertz CT molecular complexity index is 835. The van der Waals surface area contributed by atoms with Crippen LogP contribution < -0.4 is 10.1 Å². The molecule has 0 saturated heterocycles. The van der Waals surface area contributed by atoms with Crippen LogP contribution in [0.4, 0.5) is 5.69 Å². The lowest BCUT2D eigenvalue weighted by Gasteiger charge is -2.25. The van der Waals surface area contributed by atoms with Gasteiger partial charge in [0.2, 0.25) is 0 Å². The molecule has 3 rings (SSSR count). The average Bonchev–Trinajstić information content (AvgIpc) is 3.09. The Morgan fingerprint density at radius 2 is 2.12 bits per heavy atom. The van der Waals surface area contributed by atoms with Crippen molar-refractivity contribution in [2.45, 2.75) is 12.5 Å². The van der Waals surface area contributed by atoms with Gasteiger partial charge >= 0.3 is 0 Å². The topological polar surface area (TPSA) is 84.7 Å². The fraction of sp³-hybridized carbons (Fsp3) is 0.316. The summed E-state index contributed by atoms with van der Waals surface area (Å²) in [6.07, 6.45) is 0.892. The van der Waals surface area contributed by atoms with E-state index in [2.05, 4.69) is 11.4 Å². The lowest BCUT2D eigenvalue weighted by molar-refractivity contribution is -0.384. The highest BCUT2D eigenvalue weighted by atomic mass is 16.6. The lowest BCUT2D eigenvalue weighted by Crippen LogP contribution is -2.34. The predicted octanol–water partition coefficient (Wildman–Crippen LogP) is 2.56.